The molecule has 0 bridgehead atoms. The van der Waals surface area contributed by atoms with Crippen molar-refractivity contribution in [3.63, 3.8) is 0 Å². The normalized spacial score (nSPS) is 19.8. The molecule has 1 N–H and O–H groups in total. The highest BCUT2D eigenvalue weighted by atomic mass is 16.6. The van der Waals surface area contributed by atoms with Crippen LogP contribution in [0.2, 0.25) is 0 Å². The lowest BCUT2D eigenvalue weighted by Gasteiger charge is -2.47. The van der Waals surface area contributed by atoms with Gasteiger partial charge in [-0.2, -0.15) is 0 Å². The first-order chi connectivity index (χ1) is 6.44. The molecule has 0 saturated heterocycles. The molecule has 0 aromatic rings. The van der Waals surface area contributed by atoms with Gasteiger partial charge in [-0.1, -0.05) is 48.5 Å². The van der Waals surface area contributed by atoms with Crippen LogP contribution in [-0.2, 0) is 4.74 Å². The fourth-order valence-corrected chi connectivity index (χ4v) is 2.08. The summed E-state index contributed by atoms with van der Waals surface area (Å²) in [5.74, 6) is 0. The van der Waals surface area contributed by atoms with E-state index in [1.807, 2.05) is 0 Å². The Morgan fingerprint density at radius 3 is 1.60 bits per heavy atom. The molecule has 0 spiro atoms. The number of hydrogen-bond acceptors (Lipinski definition) is 2. The molecular formula is C13H28O2. The van der Waals surface area contributed by atoms with Crippen molar-refractivity contribution in [1.82, 2.24) is 0 Å². The molecule has 0 aliphatic carbocycles. The first-order valence-corrected chi connectivity index (χ1v) is 5.65. The van der Waals surface area contributed by atoms with Gasteiger partial charge in [0.25, 0.3) is 0 Å². The van der Waals surface area contributed by atoms with Gasteiger partial charge >= 0.3 is 0 Å². The highest BCUT2D eigenvalue weighted by molar-refractivity contribution is 4.91. The third-order valence-corrected chi connectivity index (χ3v) is 3.38. The van der Waals surface area contributed by atoms with Crippen molar-refractivity contribution in [2.75, 3.05) is 7.11 Å². The zero-order chi connectivity index (χ0) is 12.5. The summed E-state index contributed by atoms with van der Waals surface area (Å²) < 4.78 is 5.14. The van der Waals surface area contributed by atoms with Gasteiger partial charge in [0.15, 0.2) is 6.29 Å². The van der Waals surface area contributed by atoms with E-state index in [0.29, 0.717) is 0 Å². The molecule has 0 aromatic heterocycles. The number of aliphatic hydroxyl groups excluding tert-OH is 1. The Morgan fingerprint density at radius 1 is 1.00 bits per heavy atom. The maximum Gasteiger partial charge on any atom is 0.160 e. The average molecular weight is 216 g/mol. The van der Waals surface area contributed by atoms with Crippen molar-refractivity contribution >= 4 is 0 Å². The molecular weight excluding hydrogens is 188 g/mol. The van der Waals surface area contributed by atoms with Gasteiger partial charge in [0.1, 0.15) is 0 Å². The highest BCUT2D eigenvalue weighted by Gasteiger charge is 2.46. The van der Waals surface area contributed by atoms with Crippen LogP contribution in [0.3, 0.4) is 0 Å². The molecule has 0 aliphatic heterocycles. The van der Waals surface area contributed by atoms with Crippen LogP contribution in [0.15, 0.2) is 0 Å². The Hall–Kier alpha value is -0.0800. The van der Waals surface area contributed by atoms with Crippen LogP contribution in [0.5, 0.6) is 0 Å². The maximum atomic E-state index is 10.1. The monoisotopic (exact) mass is 216 g/mol. The molecule has 0 rings (SSSR count). The summed E-state index contributed by atoms with van der Waals surface area (Å²) in [4.78, 5) is 0. The Morgan fingerprint density at radius 2 is 1.40 bits per heavy atom. The second-order valence-corrected chi connectivity index (χ2v) is 6.99. The molecule has 0 saturated carbocycles. The Balaban J connectivity index is 5.05. The minimum atomic E-state index is -0.711. The van der Waals surface area contributed by atoms with E-state index in [2.05, 4.69) is 48.5 Å². The van der Waals surface area contributed by atoms with E-state index in [0.717, 1.165) is 6.42 Å². The van der Waals surface area contributed by atoms with Gasteiger partial charge < -0.3 is 9.84 Å². The smallest absolute Gasteiger partial charge is 0.160 e. The molecule has 0 aromatic carbocycles. The first-order valence-electron chi connectivity index (χ1n) is 5.65. The quantitative estimate of drug-likeness (QED) is 0.732. The second kappa shape index (κ2) is 4.42. The fraction of sp³-hybridized carbons (Fsp3) is 1.00. The predicted molar refractivity (Wildman–Crippen MR) is 64.6 cm³/mol. The Bertz CT molecular complexity index is 198. The van der Waals surface area contributed by atoms with E-state index in [4.69, 9.17) is 4.74 Å². The molecule has 92 valence electrons. The standard InChI is InChI=1S/C13H28O2/c1-11(2,3)9-13(7,10(14)15-8)12(4,5)6/h10,14H,9H2,1-8H3. The van der Waals surface area contributed by atoms with Crippen LogP contribution in [0.25, 0.3) is 0 Å². The molecule has 0 amide bonds. The van der Waals surface area contributed by atoms with E-state index in [1.54, 1.807) is 7.11 Å². The average Bonchev–Trinajstić information content (AvgIpc) is 1.97. The molecule has 0 aliphatic rings. The lowest BCUT2D eigenvalue weighted by atomic mass is 9.61. The van der Waals surface area contributed by atoms with Gasteiger partial charge in [-0.3, -0.25) is 0 Å². The van der Waals surface area contributed by atoms with E-state index in [-0.39, 0.29) is 16.2 Å². The third-order valence-electron chi connectivity index (χ3n) is 3.38. The molecule has 15 heavy (non-hydrogen) atoms. The predicted octanol–water partition coefficient (Wildman–Crippen LogP) is 3.44. The summed E-state index contributed by atoms with van der Waals surface area (Å²) in [6, 6.07) is 0. The van der Waals surface area contributed by atoms with E-state index in [9.17, 15) is 5.11 Å². The van der Waals surface area contributed by atoms with Crippen LogP contribution in [-0.4, -0.2) is 18.5 Å². The molecule has 0 heterocycles. The Kier molecular flexibility index (Phi) is 4.40. The maximum absolute atomic E-state index is 10.1. The van der Waals surface area contributed by atoms with Crippen molar-refractivity contribution in [3.8, 4) is 0 Å². The number of rotatable bonds is 3. The molecule has 0 fully saturated rings. The number of aliphatic hydroxyl groups is 1. The van der Waals surface area contributed by atoms with Gasteiger partial charge in [-0.15, -0.1) is 0 Å². The number of methoxy groups -OCH3 is 1. The van der Waals surface area contributed by atoms with E-state index < -0.39 is 6.29 Å². The second-order valence-electron chi connectivity index (χ2n) is 6.99. The summed E-state index contributed by atoms with van der Waals surface area (Å²) in [7, 11) is 1.57. The van der Waals surface area contributed by atoms with Crippen LogP contribution in [0.4, 0.5) is 0 Å². The minimum absolute atomic E-state index is 0.00963. The van der Waals surface area contributed by atoms with Crippen molar-refractivity contribution in [2.45, 2.75) is 61.2 Å². The molecule has 2 nitrogen and oxygen atoms in total. The first kappa shape index (κ1) is 14.9. The zero-order valence-electron chi connectivity index (χ0n) is 11.6. The van der Waals surface area contributed by atoms with Crippen LogP contribution in [0, 0.1) is 16.2 Å². The van der Waals surface area contributed by atoms with Gasteiger partial charge in [0, 0.05) is 12.5 Å². The third kappa shape index (κ3) is 3.76. The zero-order valence-corrected chi connectivity index (χ0v) is 11.6. The summed E-state index contributed by atoms with van der Waals surface area (Å²) in [6.07, 6.45) is 0.218. The van der Waals surface area contributed by atoms with Crippen molar-refractivity contribution < 1.29 is 9.84 Å². The topological polar surface area (TPSA) is 29.5 Å². The molecule has 2 unspecified atom stereocenters. The lowest BCUT2D eigenvalue weighted by Crippen LogP contribution is -2.46. The van der Waals surface area contributed by atoms with Crippen molar-refractivity contribution in [1.29, 1.82) is 0 Å². The fourth-order valence-electron chi connectivity index (χ4n) is 2.08. The lowest BCUT2D eigenvalue weighted by molar-refractivity contribution is -0.198. The van der Waals surface area contributed by atoms with Crippen LogP contribution in [0.1, 0.15) is 54.9 Å². The van der Waals surface area contributed by atoms with Gasteiger partial charge in [0.2, 0.25) is 0 Å². The summed E-state index contributed by atoms with van der Waals surface area (Å²) in [5.41, 5.74) is -0.0444. The SMILES string of the molecule is COC(O)C(C)(CC(C)(C)C)C(C)(C)C. The van der Waals surface area contributed by atoms with E-state index in [1.165, 1.54) is 0 Å². The Labute approximate surface area is 95.0 Å². The van der Waals surface area contributed by atoms with Crippen LogP contribution < -0.4 is 0 Å². The van der Waals surface area contributed by atoms with Crippen LogP contribution >= 0.6 is 0 Å². The summed E-state index contributed by atoms with van der Waals surface area (Å²) >= 11 is 0. The largest absolute Gasteiger partial charge is 0.367 e. The summed E-state index contributed by atoms with van der Waals surface area (Å²) in [6.45, 7) is 15.1. The van der Waals surface area contributed by atoms with Gasteiger partial charge in [-0.05, 0) is 17.3 Å². The summed E-state index contributed by atoms with van der Waals surface area (Å²) in [5, 5.41) is 10.1. The van der Waals surface area contributed by atoms with Gasteiger partial charge in [0.05, 0.1) is 0 Å². The highest BCUT2D eigenvalue weighted by Crippen LogP contribution is 2.48. The van der Waals surface area contributed by atoms with Gasteiger partial charge in [-0.25, -0.2) is 0 Å². The molecule has 2 heteroatoms. The minimum Gasteiger partial charge on any atom is -0.367 e. The van der Waals surface area contributed by atoms with E-state index >= 15 is 0 Å². The van der Waals surface area contributed by atoms with Crippen molar-refractivity contribution in [3.05, 3.63) is 0 Å². The molecule has 2 atom stereocenters. The molecule has 0 radical (unpaired) electrons. The van der Waals surface area contributed by atoms with Crippen molar-refractivity contribution in [2.24, 2.45) is 16.2 Å². The number of ether oxygens (including phenoxy) is 1. The number of hydrogen-bond donors (Lipinski definition) is 1.